The van der Waals surface area contributed by atoms with Gasteiger partial charge in [-0.15, -0.1) is 0 Å². The highest BCUT2D eigenvalue weighted by Gasteiger charge is 2.24. The first kappa shape index (κ1) is 18.3. The number of hydrogen-bond donors (Lipinski definition) is 2. The second-order valence-corrected chi connectivity index (χ2v) is 7.31. The van der Waals surface area contributed by atoms with Gasteiger partial charge in [-0.1, -0.05) is 57.2 Å². The molecule has 3 N–H and O–H groups in total. The Morgan fingerprint density at radius 3 is 2.38 bits per heavy atom. The minimum Gasteiger partial charge on any atom is -0.331 e. The fraction of sp³-hybridized carbons (Fsp3) is 0.364. The number of rotatable bonds is 6. The largest absolute Gasteiger partial charge is 0.331 e. The van der Waals surface area contributed by atoms with Crippen molar-refractivity contribution in [3.8, 4) is 0 Å². The first-order valence-electron chi connectivity index (χ1n) is 9.42. The summed E-state index contributed by atoms with van der Waals surface area (Å²) < 4.78 is 0. The summed E-state index contributed by atoms with van der Waals surface area (Å²) in [6.07, 6.45) is 1.05. The van der Waals surface area contributed by atoms with Gasteiger partial charge in [0, 0.05) is 11.5 Å². The zero-order valence-corrected chi connectivity index (χ0v) is 16.0. The first-order valence-corrected chi connectivity index (χ1v) is 9.42. The van der Waals surface area contributed by atoms with Crippen LogP contribution in [0, 0.1) is 5.92 Å². The van der Waals surface area contributed by atoms with Gasteiger partial charge in [-0.2, -0.15) is 0 Å². The molecule has 3 rings (SSSR count). The molecule has 0 aliphatic carbocycles. The molecule has 0 amide bonds. The van der Waals surface area contributed by atoms with Crippen molar-refractivity contribution in [1.29, 1.82) is 0 Å². The highest BCUT2D eigenvalue weighted by Crippen LogP contribution is 2.20. The Morgan fingerprint density at radius 1 is 1.04 bits per heavy atom. The zero-order valence-electron chi connectivity index (χ0n) is 16.0. The van der Waals surface area contributed by atoms with E-state index < -0.39 is 0 Å². The fourth-order valence-corrected chi connectivity index (χ4v) is 3.42. The van der Waals surface area contributed by atoms with E-state index in [1.807, 2.05) is 24.3 Å². The standard InChI is InChI=1S/C22H27N3O/c1-5-16-10-12-17(13-11-16)20(14(2)3)23-15(4)21-24-19-9-7-6-8-18(19)22(26)25-21/h6-15,20,23H,5H2,1-4H3,(H,24,25,26)/p+1/t15-,20-/m0/s1. The van der Waals surface area contributed by atoms with Gasteiger partial charge >= 0.3 is 0 Å². The lowest BCUT2D eigenvalue weighted by atomic mass is 9.94. The van der Waals surface area contributed by atoms with E-state index in [2.05, 4.69) is 67.2 Å². The molecule has 0 unspecified atom stereocenters. The van der Waals surface area contributed by atoms with Gasteiger partial charge in [-0.3, -0.25) is 4.79 Å². The number of aromatic amines is 1. The Morgan fingerprint density at radius 2 is 1.73 bits per heavy atom. The van der Waals surface area contributed by atoms with Gasteiger partial charge < -0.3 is 10.3 Å². The van der Waals surface area contributed by atoms with Crippen LogP contribution in [-0.4, -0.2) is 9.97 Å². The smallest absolute Gasteiger partial charge is 0.258 e. The van der Waals surface area contributed by atoms with E-state index in [4.69, 9.17) is 0 Å². The maximum atomic E-state index is 12.4. The third kappa shape index (κ3) is 3.86. The lowest BCUT2D eigenvalue weighted by molar-refractivity contribution is -0.738. The number of nitrogens with zero attached hydrogens (tertiary/aromatic N) is 1. The lowest BCUT2D eigenvalue weighted by Crippen LogP contribution is -2.87. The van der Waals surface area contributed by atoms with E-state index in [0.29, 0.717) is 17.3 Å². The van der Waals surface area contributed by atoms with Crippen LogP contribution in [0.1, 0.15) is 56.7 Å². The summed E-state index contributed by atoms with van der Waals surface area (Å²) in [4.78, 5) is 20.0. The first-order chi connectivity index (χ1) is 12.5. The van der Waals surface area contributed by atoms with Crippen LogP contribution < -0.4 is 10.9 Å². The number of benzene rings is 2. The molecule has 0 radical (unpaired) electrons. The van der Waals surface area contributed by atoms with Crippen LogP contribution in [0.5, 0.6) is 0 Å². The SMILES string of the molecule is CCc1ccc([C@@H]([NH2+][C@@H](C)c2nc3ccccc3c(=O)[nH]2)C(C)C)cc1. The van der Waals surface area contributed by atoms with Crippen LogP contribution in [0.25, 0.3) is 10.9 Å². The molecule has 3 aromatic rings. The molecule has 1 aromatic heterocycles. The normalized spacial score (nSPS) is 13.9. The number of aromatic nitrogens is 2. The molecule has 0 aliphatic heterocycles. The van der Waals surface area contributed by atoms with Crippen molar-refractivity contribution in [3.63, 3.8) is 0 Å². The van der Waals surface area contributed by atoms with Crippen LogP contribution >= 0.6 is 0 Å². The number of H-pyrrole nitrogens is 1. The van der Waals surface area contributed by atoms with Gasteiger partial charge in [-0.05, 0) is 31.0 Å². The van der Waals surface area contributed by atoms with Crippen molar-refractivity contribution in [2.75, 3.05) is 0 Å². The summed E-state index contributed by atoms with van der Waals surface area (Å²) in [6.45, 7) is 8.74. The maximum Gasteiger partial charge on any atom is 0.258 e. The predicted octanol–water partition coefficient (Wildman–Crippen LogP) is 3.51. The molecule has 2 atom stereocenters. The molecular formula is C22H28N3O+. The topological polar surface area (TPSA) is 62.4 Å². The van der Waals surface area contributed by atoms with Gasteiger partial charge in [-0.25, -0.2) is 4.98 Å². The zero-order chi connectivity index (χ0) is 18.7. The Bertz CT molecular complexity index is 928. The van der Waals surface area contributed by atoms with E-state index in [1.54, 1.807) is 0 Å². The lowest BCUT2D eigenvalue weighted by Gasteiger charge is -2.23. The number of quaternary nitrogens is 1. The Hall–Kier alpha value is -2.46. The molecule has 0 saturated carbocycles. The number of hydrogen-bond acceptors (Lipinski definition) is 2. The molecule has 0 saturated heterocycles. The van der Waals surface area contributed by atoms with Crippen molar-refractivity contribution in [2.24, 2.45) is 5.92 Å². The Balaban J connectivity index is 1.88. The van der Waals surface area contributed by atoms with Gasteiger partial charge in [0.1, 0.15) is 12.1 Å². The average Bonchev–Trinajstić information content (AvgIpc) is 2.65. The summed E-state index contributed by atoms with van der Waals surface area (Å²) in [6, 6.07) is 16.7. The molecular weight excluding hydrogens is 322 g/mol. The van der Waals surface area contributed by atoms with Crippen LogP contribution in [-0.2, 0) is 6.42 Å². The molecule has 0 aliphatic rings. The Kier molecular flexibility index (Phi) is 5.52. The quantitative estimate of drug-likeness (QED) is 0.715. The fourth-order valence-electron chi connectivity index (χ4n) is 3.42. The minimum atomic E-state index is -0.0701. The van der Waals surface area contributed by atoms with Crippen LogP contribution in [0.3, 0.4) is 0 Å². The van der Waals surface area contributed by atoms with Crippen LogP contribution in [0.2, 0.25) is 0 Å². The maximum absolute atomic E-state index is 12.4. The monoisotopic (exact) mass is 350 g/mol. The number of nitrogens with two attached hydrogens (primary N) is 1. The number of para-hydroxylation sites is 1. The van der Waals surface area contributed by atoms with Crippen molar-refractivity contribution >= 4 is 10.9 Å². The summed E-state index contributed by atoms with van der Waals surface area (Å²) in [5.41, 5.74) is 3.34. The molecule has 26 heavy (non-hydrogen) atoms. The van der Waals surface area contributed by atoms with E-state index in [-0.39, 0.29) is 11.6 Å². The molecule has 1 heterocycles. The summed E-state index contributed by atoms with van der Waals surface area (Å²) in [7, 11) is 0. The van der Waals surface area contributed by atoms with Gasteiger partial charge in [0.05, 0.1) is 10.9 Å². The molecule has 4 heteroatoms. The van der Waals surface area contributed by atoms with E-state index in [1.165, 1.54) is 11.1 Å². The summed E-state index contributed by atoms with van der Waals surface area (Å²) in [5.74, 6) is 1.20. The second kappa shape index (κ2) is 7.83. The van der Waals surface area contributed by atoms with Crippen molar-refractivity contribution in [1.82, 2.24) is 9.97 Å². The number of fused-ring (bicyclic) bond motifs is 1. The molecule has 0 spiro atoms. The third-order valence-corrected chi connectivity index (χ3v) is 5.05. The highest BCUT2D eigenvalue weighted by atomic mass is 16.1. The summed E-state index contributed by atoms with van der Waals surface area (Å²) >= 11 is 0. The van der Waals surface area contributed by atoms with E-state index in [9.17, 15) is 4.79 Å². The van der Waals surface area contributed by atoms with Crippen LogP contribution in [0.15, 0.2) is 53.3 Å². The van der Waals surface area contributed by atoms with Gasteiger partial charge in [0.15, 0.2) is 5.82 Å². The van der Waals surface area contributed by atoms with E-state index >= 15 is 0 Å². The van der Waals surface area contributed by atoms with Gasteiger partial charge in [0.2, 0.25) is 0 Å². The van der Waals surface area contributed by atoms with Gasteiger partial charge in [0.25, 0.3) is 5.56 Å². The van der Waals surface area contributed by atoms with Crippen LogP contribution in [0.4, 0.5) is 0 Å². The predicted molar refractivity (Wildman–Crippen MR) is 106 cm³/mol. The minimum absolute atomic E-state index is 0.0607. The molecule has 2 aromatic carbocycles. The molecule has 4 nitrogen and oxygen atoms in total. The van der Waals surface area contributed by atoms with Crippen molar-refractivity contribution in [2.45, 2.75) is 46.2 Å². The third-order valence-electron chi connectivity index (χ3n) is 5.05. The molecule has 0 fully saturated rings. The number of aryl methyl sites for hydroxylation is 1. The molecule has 136 valence electrons. The highest BCUT2D eigenvalue weighted by molar-refractivity contribution is 5.77. The van der Waals surface area contributed by atoms with E-state index in [0.717, 1.165) is 17.8 Å². The Labute approximate surface area is 154 Å². The molecule has 0 bridgehead atoms. The van der Waals surface area contributed by atoms with Crippen molar-refractivity contribution < 1.29 is 5.32 Å². The average molecular weight is 350 g/mol. The summed E-state index contributed by atoms with van der Waals surface area (Å²) in [5, 5.41) is 2.94. The second-order valence-electron chi connectivity index (χ2n) is 7.31. The van der Waals surface area contributed by atoms with Crippen molar-refractivity contribution in [3.05, 3.63) is 75.8 Å². The number of nitrogens with one attached hydrogen (secondary N) is 1.